The summed E-state index contributed by atoms with van der Waals surface area (Å²) in [5, 5.41) is 20.9. The second kappa shape index (κ2) is 4.58. The smallest absolute Gasteiger partial charge is 0.320 e. The lowest BCUT2D eigenvalue weighted by Gasteiger charge is -2.34. The van der Waals surface area contributed by atoms with Gasteiger partial charge in [-0.05, 0) is 19.3 Å². The summed E-state index contributed by atoms with van der Waals surface area (Å²) in [7, 11) is 0. The number of nitrogens with one attached hydrogen (secondary N) is 1. The van der Waals surface area contributed by atoms with Gasteiger partial charge in [-0.15, -0.1) is 0 Å². The van der Waals surface area contributed by atoms with Crippen LogP contribution in [0.4, 0.5) is 0 Å². The third kappa shape index (κ3) is 2.97. The Bertz CT molecular complexity index is 178. The quantitative estimate of drug-likeness (QED) is 0.581. The van der Waals surface area contributed by atoms with Crippen LogP contribution in [-0.4, -0.2) is 34.4 Å². The lowest BCUT2D eigenvalue weighted by Crippen LogP contribution is -2.51. The number of hydrogen-bond donors (Lipinski definition) is 3. The van der Waals surface area contributed by atoms with Crippen LogP contribution in [0, 0.1) is 0 Å². The molecule has 0 aromatic heterocycles. The van der Waals surface area contributed by atoms with Crippen molar-refractivity contribution >= 4 is 5.97 Å². The highest BCUT2D eigenvalue weighted by atomic mass is 16.4. The number of carboxylic acids is 1. The molecular formula is C9H17NO3. The van der Waals surface area contributed by atoms with Crippen LogP contribution < -0.4 is 5.32 Å². The van der Waals surface area contributed by atoms with Gasteiger partial charge in [0.25, 0.3) is 0 Å². The molecule has 0 heterocycles. The zero-order valence-electron chi connectivity index (χ0n) is 7.86. The van der Waals surface area contributed by atoms with Gasteiger partial charge in [0.1, 0.15) is 6.04 Å². The molecule has 13 heavy (non-hydrogen) atoms. The van der Waals surface area contributed by atoms with Gasteiger partial charge < -0.3 is 15.5 Å². The number of rotatable bonds is 5. The van der Waals surface area contributed by atoms with Crippen molar-refractivity contribution in [2.45, 2.75) is 50.8 Å². The molecule has 0 bridgehead atoms. The highest BCUT2D eigenvalue weighted by molar-refractivity contribution is 5.73. The van der Waals surface area contributed by atoms with Crippen LogP contribution in [-0.2, 0) is 4.79 Å². The first kappa shape index (κ1) is 10.5. The van der Waals surface area contributed by atoms with Crippen LogP contribution in [0.1, 0.15) is 32.6 Å². The molecule has 1 atom stereocenters. The summed E-state index contributed by atoms with van der Waals surface area (Å²) in [6, 6.07) is -0.245. The van der Waals surface area contributed by atoms with E-state index in [-0.39, 0.29) is 12.1 Å². The molecule has 3 N–H and O–H groups in total. The average Bonchev–Trinajstić information content (AvgIpc) is 2.00. The van der Waals surface area contributed by atoms with E-state index in [4.69, 9.17) is 10.2 Å². The van der Waals surface area contributed by atoms with Crippen molar-refractivity contribution in [2.24, 2.45) is 0 Å². The van der Waals surface area contributed by atoms with E-state index in [0.29, 0.717) is 19.3 Å². The van der Waals surface area contributed by atoms with Crippen LogP contribution in [0.25, 0.3) is 0 Å². The SMILES string of the molecule is CCCC(NC1CC(O)C1)C(=O)O. The third-order valence-corrected chi connectivity index (χ3v) is 2.43. The van der Waals surface area contributed by atoms with E-state index in [2.05, 4.69) is 5.32 Å². The summed E-state index contributed by atoms with van der Waals surface area (Å²) in [4.78, 5) is 10.7. The second-order valence-electron chi connectivity index (χ2n) is 3.67. The van der Waals surface area contributed by atoms with E-state index in [9.17, 15) is 4.79 Å². The lowest BCUT2D eigenvalue weighted by atomic mass is 9.88. The molecule has 1 unspecified atom stereocenters. The Morgan fingerprint density at radius 2 is 2.23 bits per heavy atom. The minimum Gasteiger partial charge on any atom is -0.480 e. The molecule has 0 saturated heterocycles. The Labute approximate surface area is 78.0 Å². The number of carbonyl (C=O) groups is 1. The highest BCUT2D eigenvalue weighted by Gasteiger charge is 2.30. The van der Waals surface area contributed by atoms with Crippen LogP contribution in [0.15, 0.2) is 0 Å². The first-order valence-corrected chi connectivity index (χ1v) is 4.80. The first-order chi connectivity index (χ1) is 6.13. The maximum Gasteiger partial charge on any atom is 0.320 e. The summed E-state index contributed by atoms with van der Waals surface area (Å²) in [6.45, 7) is 1.97. The minimum atomic E-state index is -0.789. The monoisotopic (exact) mass is 187 g/mol. The van der Waals surface area contributed by atoms with Gasteiger partial charge in [-0.1, -0.05) is 13.3 Å². The van der Waals surface area contributed by atoms with Crippen LogP contribution >= 0.6 is 0 Å². The third-order valence-electron chi connectivity index (χ3n) is 2.43. The van der Waals surface area contributed by atoms with Crippen molar-refractivity contribution in [1.82, 2.24) is 5.32 Å². The summed E-state index contributed by atoms with van der Waals surface area (Å²) in [5.41, 5.74) is 0. The highest BCUT2D eigenvalue weighted by Crippen LogP contribution is 2.20. The molecule has 76 valence electrons. The summed E-state index contributed by atoms with van der Waals surface area (Å²) < 4.78 is 0. The van der Waals surface area contributed by atoms with E-state index in [1.165, 1.54) is 0 Å². The minimum absolute atomic E-state index is 0.197. The maximum atomic E-state index is 10.7. The number of aliphatic hydroxyl groups excluding tert-OH is 1. The van der Waals surface area contributed by atoms with Crippen LogP contribution in [0.2, 0.25) is 0 Å². The van der Waals surface area contributed by atoms with E-state index in [0.717, 1.165) is 6.42 Å². The van der Waals surface area contributed by atoms with E-state index in [1.54, 1.807) is 0 Å². The van der Waals surface area contributed by atoms with Crippen molar-refractivity contribution < 1.29 is 15.0 Å². The fourth-order valence-electron chi connectivity index (χ4n) is 1.58. The van der Waals surface area contributed by atoms with E-state index in [1.807, 2.05) is 6.92 Å². The normalized spacial score (nSPS) is 29.4. The molecular weight excluding hydrogens is 170 g/mol. The average molecular weight is 187 g/mol. The van der Waals surface area contributed by atoms with E-state index >= 15 is 0 Å². The van der Waals surface area contributed by atoms with Gasteiger partial charge >= 0.3 is 5.97 Å². The number of carboxylic acid groups (broad SMARTS) is 1. The van der Waals surface area contributed by atoms with Crippen molar-refractivity contribution in [3.63, 3.8) is 0 Å². The number of aliphatic hydroxyl groups is 1. The molecule has 0 amide bonds. The van der Waals surface area contributed by atoms with Gasteiger partial charge in [-0.25, -0.2) is 0 Å². The fraction of sp³-hybridized carbons (Fsp3) is 0.889. The summed E-state index contributed by atoms with van der Waals surface area (Å²) in [6.07, 6.45) is 2.66. The number of aliphatic carboxylic acids is 1. The summed E-state index contributed by atoms with van der Waals surface area (Å²) >= 11 is 0. The van der Waals surface area contributed by atoms with E-state index < -0.39 is 12.0 Å². The Morgan fingerprint density at radius 3 is 2.62 bits per heavy atom. The molecule has 1 aliphatic carbocycles. The Kier molecular flexibility index (Phi) is 3.69. The molecule has 1 saturated carbocycles. The van der Waals surface area contributed by atoms with Gasteiger partial charge in [0.15, 0.2) is 0 Å². The zero-order valence-corrected chi connectivity index (χ0v) is 7.86. The molecule has 0 aromatic carbocycles. The molecule has 1 fully saturated rings. The van der Waals surface area contributed by atoms with Crippen molar-refractivity contribution in [2.75, 3.05) is 0 Å². The maximum absolute atomic E-state index is 10.7. The Morgan fingerprint density at radius 1 is 1.62 bits per heavy atom. The van der Waals surface area contributed by atoms with Gasteiger partial charge in [-0.3, -0.25) is 4.79 Å². The fourth-order valence-corrected chi connectivity index (χ4v) is 1.58. The van der Waals surface area contributed by atoms with Crippen molar-refractivity contribution in [1.29, 1.82) is 0 Å². The molecule has 4 nitrogen and oxygen atoms in total. The van der Waals surface area contributed by atoms with Crippen LogP contribution in [0.3, 0.4) is 0 Å². The molecule has 0 aromatic rings. The van der Waals surface area contributed by atoms with Crippen molar-refractivity contribution in [3.8, 4) is 0 Å². The molecule has 0 aliphatic heterocycles. The topological polar surface area (TPSA) is 69.6 Å². The predicted molar refractivity (Wildman–Crippen MR) is 48.5 cm³/mol. The van der Waals surface area contributed by atoms with Crippen LogP contribution in [0.5, 0.6) is 0 Å². The number of hydrogen-bond acceptors (Lipinski definition) is 3. The van der Waals surface area contributed by atoms with Gasteiger partial charge in [-0.2, -0.15) is 0 Å². The predicted octanol–water partition coefficient (Wildman–Crippen LogP) is 0.353. The standard InChI is InChI=1S/C9H17NO3/c1-2-3-8(9(12)13)10-6-4-7(11)5-6/h6-8,10-11H,2-5H2,1H3,(H,12,13). The van der Waals surface area contributed by atoms with Crippen molar-refractivity contribution in [3.05, 3.63) is 0 Å². The molecule has 0 radical (unpaired) electrons. The zero-order chi connectivity index (χ0) is 9.84. The van der Waals surface area contributed by atoms with Gasteiger partial charge in [0.2, 0.25) is 0 Å². The second-order valence-corrected chi connectivity index (χ2v) is 3.67. The van der Waals surface area contributed by atoms with Gasteiger partial charge in [0, 0.05) is 6.04 Å². The lowest BCUT2D eigenvalue weighted by molar-refractivity contribution is -0.140. The molecule has 4 heteroatoms. The first-order valence-electron chi connectivity index (χ1n) is 4.80. The molecule has 1 rings (SSSR count). The Hall–Kier alpha value is -0.610. The molecule has 0 spiro atoms. The Balaban J connectivity index is 2.26. The largest absolute Gasteiger partial charge is 0.480 e. The van der Waals surface area contributed by atoms with Gasteiger partial charge in [0.05, 0.1) is 6.10 Å². The molecule has 1 aliphatic rings. The summed E-state index contributed by atoms with van der Waals surface area (Å²) in [5.74, 6) is -0.789.